The molecule has 1 saturated heterocycles. The SMILES string of the molecule is C#C.C1CCNC1.CC=O. The van der Waals surface area contributed by atoms with Gasteiger partial charge in [0.15, 0.2) is 0 Å². The Morgan fingerprint density at radius 3 is 1.70 bits per heavy atom. The van der Waals surface area contributed by atoms with Crippen LogP contribution in [0.25, 0.3) is 0 Å². The minimum Gasteiger partial charge on any atom is -0.317 e. The van der Waals surface area contributed by atoms with Gasteiger partial charge in [-0.25, -0.2) is 0 Å². The van der Waals surface area contributed by atoms with Crippen LogP contribution in [-0.4, -0.2) is 19.4 Å². The van der Waals surface area contributed by atoms with Crippen molar-refractivity contribution in [2.45, 2.75) is 19.8 Å². The Morgan fingerprint density at radius 1 is 1.30 bits per heavy atom. The summed E-state index contributed by atoms with van der Waals surface area (Å²) >= 11 is 0. The second-order valence-corrected chi connectivity index (χ2v) is 1.69. The molecule has 1 aliphatic heterocycles. The first kappa shape index (κ1) is 11.9. The van der Waals surface area contributed by atoms with Crippen LogP contribution in [0.3, 0.4) is 0 Å². The molecule has 0 atom stereocenters. The second-order valence-electron chi connectivity index (χ2n) is 1.69. The van der Waals surface area contributed by atoms with Crippen molar-refractivity contribution in [2.24, 2.45) is 0 Å². The lowest BCUT2D eigenvalue weighted by Gasteiger charge is -1.76. The van der Waals surface area contributed by atoms with Crippen molar-refractivity contribution < 1.29 is 4.79 Å². The van der Waals surface area contributed by atoms with E-state index in [0.717, 1.165) is 6.29 Å². The van der Waals surface area contributed by atoms with E-state index in [1.165, 1.54) is 32.9 Å². The first-order chi connectivity index (χ1) is 4.91. The molecule has 58 valence electrons. The first-order valence-electron chi connectivity index (χ1n) is 3.35. The average Bonchev–Trinajstić information content (AvgIpc) is 2.48. The van der Waals surface area contributed by atoms with Crippen molar-refractivity contribution in [3.05, 3.63) is 0 Å². The molecule has 1 rings (SSSR count). The zero-order valence-electron chi connectivity index (χ0n) is 6.47. The lowest BCUT2D eigenvalue weighted by Crippen LogP contribution is -2.03. The predicted molar refractivity (Wildman–Crippen MR) is 43.7 cm³/mol. The number of carbonyl (C=O) groups excluding carboxylic acids is 1. The third kappa shape index (κ3) is 15.7. The van der Waals surface area contributed by atoms with Crippen molar-refractivity contribution in [2.75, 3.05) is 13.1 Å². The predicted octanol–water partition coefficient (Wildman–Crippen LogP) is 0.824. The molecule has 0 spiro atoms. The zero-order valence-corrected chi connectivity index (χ0v) is 6.47. The van der Waals surface area contributed by atoms with Crippen LogP contribution in [0.1, 0.15) is 19.8 Å². The van der Waals surface area contributed by atoms with Crippen LogP contribution < -0.4 is 5.32 Å². The van der Waals surface area contributed by atoms with Gasteiger partial charge in [0.05, 0.1) is 0 Å². The van der Waals surface area contributed by atoms with E-state index in [-0.39, 0.29) is 0 Å². The Balaban J connectivity index is 0. The quantitative estimate of drug-likeness (QED) is 0.400. The second kappa shape index (κ2) is 15.7. The summed E-state index contributed by atoms with van der Waals surface area (Å²) in [6.45, 7) is 3.94. The summed E-state index contributed by atoms with van der Waals surface area (Å²) in [4.78, 5) is 8.81. The highest BCUT2D eigenvalue weighted by atomic mass is 16.1. The minimum absolute atomic E-state index is 0.750. The molecule has 0 aliphatic carbocycles. The lowest BCUT2D eigenvalue weighted by molar-refractivity contribution is -0.106. The van der Waals surface area contributed by atoms with Gasteiger partial charge in [-0.3, -0.25) is 0 Å². The van der Waals surface area contributed by atoms with E-state index < -0.39 is 0 Å². The molecule has 2 nitrogen and oxygen atoms in total. The van der Waals surface area contributed by atoms with E-state index in [2.05, 4.69) is 18.2 Å². The van der Waals surface area contributed by atoms with Crippen LogP contribution in [0.4, 0.5) is 0 Å². The molecule has 0 aromatic carbocycles. The van der Waals surface area contributed by atoms with Crippen LogP contribution in [0.2, 0.25) is 0 Å². The molecule has 0 amide bonds. The topological polar surface area (TPSA) is 29.1 Å². The molecular formula is C8H15NO. The van der Waals surface area contributed by atoms with Gasteiger partial charge in [0.25, 0.3) is 0 Å². The van der Waals surface area contributed by atoms with Crippen LogP contribution >= 0.6 is 0 Å². The fraction of sp³-hybridized carbons (Fsp3) is 0.625. The molecule has 1 fully saturated rings. The third-order valence-corrected chi connectivity index (χ3v) is 0.957. The molecular weight excluding hydrogens is 126 g/mol. The largest absolute Gasteiger partial charge is 0.317 e. The van der Waals surface area contributed by atoms with Crippen molar-refractivity contribution in [1.82, 2.24) is 5.32 Å². The van der Waals surface area contributed by atoms with E-state index in [1.54, 1.807) is 0 Å². The normalized spacial score (nSPS) is 13.5. The Bertz CT molecular complexity index is 67.0. The summed E-state index contributed by atoms with van der Waals surface area (Å²) in [7, 11) is 0. The number of carbonyl (C=O) groups is 1. The summed E-state index contributed by atoms with van der Waals surface area (Å²) in [5.41, 5.74) is 0. The van der Waals surface area contributed by atoms with Gasteiger partial charge in [-0.2, -0.15) is 0 Å². The minimum atomic E-state index is 0.750. The van der Waals surface area contributed by atoms with E-state index in [9.17, 15) is 0 Å². The Labute approximate surface area is 63.0 Å². The van der Waals surface area contributed by atoms with Gasteiger partial charge < -0.3 is 10.1 Å². The summed E-state index contributed by atoms with van der Waals surface area (Å²) in [6.07, 6.45) is 11.5. The number of nitrogens with one attached hydrogen (secondary N) is 1. The summed E-state index contributed by atoms with van der Waals surface area (Å²) in [5, 5.41) is 3.22. The molecule has 10 heavy (non-hydrogen) atoms. The maximum absolute atomic E-state index is 8.81. The molecule has 0 radical (unpaired) electrons. The van der Waals surface area contributed by atoms with Gasteiger partial charge in [-0.15, -0.1) is 12.8 Å². The van der Waals surface area contributed by atoms with Crippen LogP contribution in [0.5, 0.6) is 0 Å². The number of rotatable bonds is 0. The van der Waals surface area contributed by atoms with E-state index in [1.807, 2.05) is 0 Å². The molecule has 0 aromatic rings. The van der Waals surface area contributed by atoms with Gasteiger partial charge in [-0.1, -0.05) is 0 Å². The summed E-state index contributed by atoms with van der Waals surface area (Å²) in [6, 6.07) is 0. The first-order valence-corrected chi connectivity index (χ1v) is 3.35. The fourth-order valence-corrected chi connectivity index (χ4v) is 0.625. The fourth-order valence-electron chi connectivity index (χ4n) is 0.625. The average molecular weight is 141 g/mol. The van der Waals surface area contributed by atoms with Crippen LogP contribution in [0.15, 0.2) is 0 Å². The van der Waals surface area contributed by atoms with E-state index >= 15 is 0 Å². The number of hydrogen-bond acceptors (Lipinski definition) is 2. The van der Waals surface area contributed by atoms with E-state index in [0.29, 0.717) is 0 Å². The smallest absolute Gasteiger partial charge is 0.116 e. The Morgan fingerprint density at radius 2 is 1.60 bits per heavy atom. The summed E-state index contributed by atoms with van der Waals surface area (Å²) < 4.78 is 0. The highest BCUT2D eigenvalue weighted by Crippen LogP contribution is 1.90. The highest BCUT2D eigenvalue weighted by Gasteiger charge is 1.93. The molecule has 0 unspecified atom stereocenters. The van der Waals surface area contributed by atoms with Gasteiger partial charge >= 0.3 is 0 Å². The van der Waals surface area contributed by atoms with Crippen molar-refractivity contribution in [3.8, 4) is 12.8 Å². The molecule has 0 bridgehead atoms. The van der Waals surface area contributed by atoms with Crippen molar-refractivity contribution >= 4 is 6.29 Å². The van der Waals surface area contributed by atoms with Crippen LogP contribution in [0, 0.1) is 12.8 Å². The lowest BCUT2D eigenvalue weighted by atomic mass is 10.4. The Kier molecular flexibility index (Phi) is 18.7. The van der Waals surface area contributed by atoms with Gasteiger partial charge in [0.2, 0.25) is 0 Å². The molecule has 2 heteroatoms. The molecule has 1 heterocycles. The Hall–Kier alpha value is -0.810. The molecule has 1 N–H and O–H groups in total. The highest BCUT2D eigenvalue weighted by molar-refractivity contribution is 5.44. The third-order valence-electron chi connectivity index (χ3n) is 0.957. The number of hydrogen-bond donors (Lipinski definition) is 1. The van der Waals surface area contributed by atoms with Crippen LogP contribution in [-0.2, 0) is 4.79 Å². The van der Waals surface area contributed by atoms with E-state index in [4.69, 9.17) is 4.79 Å². The maximum Gasteiger partial charge on any atom is 0.116 e. The number of terminal acetylenes is 1. The van der Waals surface area contributed by atoms with Crippen molar-refractivity contribution in [1.29, 1.82) is 0 Å². The molecule has 1 aliphatic rings. The van der Waals surface area contributed by atoms with Gasteiger partial charge in [0.1, 0.15) is 6.29 Å². The van der Waals surface area contributed by atoms with Gasteiger partial charge in [0, 0.05) is 0 Å². The van der Waals surface area contributed by atoms with Gasteiger partial charge in [-0.05, 0) is 32.9 Å². The standard InChI is InChI=1S/C4H9N.C2H4O.C2H2/c1-2-4-5-3-1;1-2-3;1-2/h5H,1-4H2;2H,1H3;1-2H. The number of aldehydes is 1. The summed E-state index contributed by atoms with van der Waals surface area (Å²) in [5.74, 6) is 0. The monoisotopic (exact) mass is 141 g/mol. The molecule has 0 saturated carbocycles. The molecule has 0 aromatic heterocycles. The van der Waals surface area contributed by atoms with Crippen molar-refractivity contribution in [3.63, 3.8) is 0 Å². The zero-order chi connectivity index (χ0) is 8.24. The maximum atomic E-state index is 8.81.